The van der Waals surface area contributed by atoms with E-state index in [0.717, 1.165) is 43.6 Å². The third kappa shape index (κ3) is 4.03. The summed E-state index contributed by atoms with van der Waals surface area (Å²) in [6.07, 6.45) is 1.94. The number of aromatic nitrogens is 2. The Balaban J connectivity index is 1.81. The zero-order valence-corrected chi connectivity index (χ0v) is 18.7. The third-order valence-electron chi connectivity index (χ3n) is 5.92. The van der Waals surface area contributed by atoms with Gasteiger partial charge in [-0.05, 0) is 42.9 Å². The van der Waals surface area contributed by atoms with Crippen LogP contribution in [0.25, 0.3) is 21.8 Å². The van der Waals surface area contributed by atoms with Gasteiger partial charge in [-0.2, -0.15) is 0 Å². The molecule has 4 aromatic rings. The number of hydrogen-bond donors (Lipinski definition) is 0. The SMILES string of the molecule is CCN(CC)CCN(C)c1nccc2c3ccccc3n(Cc3ccc(Cl)cc3)c12. The van der Waals surface area contributed by atoms with Crippen molar-refractivity contribution in [1.29, 1.82) is 0 Å². The second kappa shape index (κ2) is 9.07. The summed E-state index contributed by atoms with van der Waals surface area (Å²) in [5.74, 6) is 1.03. The maximum atomic E-state index is 6.11. The number of nitrogens with zero attached hydrogens (tertiary/aromatic N) is 4. The van der Waals surface area contributed by atoms with Crippen molar-refractivity contribution < 1.29 is 0 Å². The Morgan fingerprint density at radius 2 is 1.63 bits per heavy atom. The van der Waals surface area contributed by atoms with E-state index in [-0.39, 0.29) is 0 Å². The van der Waals surface area contributed by atoms with Crippen LogP contribution < -0.4 is 4.90 Å². The van der Waals surface area contributed by atoms with Gasteiger partial charge in [0.2, 0.25) is 0 Å². The van der Waals surface area contributed by atoms with Gasteiger partial charge in [-0.3, -0.25) is 0 Å². The Morgan fingerprint density at radius 3 is 2.37 bits per heavy atom. The molecule has 0 bridgehead atoms. The standard InChI is InChI=1S/C25H29ClN4/c1-4-29(5-2)17-16-28(3)25-24-22(14-15-27-25)21-8-6-7-9-23(21)30(24)18-19-10-12-20(26)13-11-19/h6-15H,4-5,16-18H2,1-3H3. The molecule has 156 valence electrons. The van der Waals surface area contributed by atoms with E-state index in [1.165, 1.54) is 27.4 Å². The highest BCUT2D eigenvalue weighted by Crippen LogP contribution is 2.34. The molecule has 0 saturated heterocycles. The summed E-state index contributed by atoms with van der Waals surface area (Å²) in [5, 5.41) is 3.28. The molecule has 0 fully saturated rings. The molecule has 0 spiro atoms. The lowest BCUT2D eigenvalue weighted by molar-refractivity contribution is 0.311. The highest BCUT2D eigenvalue weighted by molar-refractivity contribution is 6.30. The second-order valence-corrected chi connectivity index (χ2v) is 8.15. The molecule has 0 aliphatic heterocycles. The molecule has 0 aliphatic carbocycles. The first kappa shape index (κ1) is 20.7. The molecule has 0 N–H and O–H groups in total. The molecule has 2 heterocycles. The third-order valence-corrected chi connectivity index (χ3v) is 6.17. The maximum absolute atomic E-state index is 6.11. The molecule has 0 saturated carbocycles. The van der Waals surface area contributed by atoms with Crippen molar-refractivity contribution in [2.75, 3.05) is 38.1 Å². The first-order chi connectivity index (χ1) is 14.6. The van der Waals surface area contributed by atoms with E-state index in [9.17, 15) is 0 Å². The van der Waals surface area contributed by atoms with Crippen molar-refractivity contribution in [3.8, 4) is 0 Å². The van der Waals surface area contributed by atoms with Gasteiger partial charge >= 0.3 is 0 Å². The van der Waals surface area contributed by atoms with Gasteiger partial charge < -0.3 is 14.4 Å². The van der Waals surface area contributed by atoms with Crippen LogP contribution in [-0.2, 0) is 6.54 Å². The van der Waals surface area contributed by atoms with Gasteiger partial charge in [-0.1, -0.05) is 55.8 Å². The zero-order valence-electron chi connectivity index (χ0n) is 18.0. The number of rotatable bonds is 8. The number of pyridine rings is 1. The van der Waals surface area contributed by atoms with Crippen molar-refractivity contribution >= 4 is 39.2 Å². The van der Waals surface area contributed by atoms with Crippen molar-refractivity contribution in [2.24, 2.45) is 0 Å². The van der Waals surface area contributed by atoms with Crippen molar-refractivity contribution in [3.63, 3.8) is 0 Å². The monoisotopic (exact) mass is 420 g/mol. The summed E-state index contributed by atoms with van der Waals surface area (Å²) in [4.78, 5) is 9.55. The fourth-order valence-corrected chi connectivity index (χ4v) is 4.26. The fourth-order valence-electron chi connectivity index (χ4n) is 4.14. The van der Waals surface area contributed by atoms with Gasteiger partial charge in [0.05, 0.1) is 5.52 Å². The Kier molecular flexibility index (Phi) is 6.26. The molecule has 4 nitrogen and oxygen atoms in total. The van der Waals surface area contributed by atoms with Crippen LogP contribution in [0, 0.1) is 0 Å². The van der Waals surface area contributed by atoms with E-state index < -0.39 is 0 Å². The molecule has 30 heavy (non-hydrogen) atoms. The summed E-state index contributed by atoms with van der Waals surface area (Å²) in [7, 11) is 2.15. The minimum Gasteiger partial charge on any atom is -0.357 e. The van der Waals surface area contributed by atoms with E-state index in [1.54, 1.807) is 0 Å². The normalized spacial score (nSPS) is 11.6. The summed E-state index contributed by atoms with van der Waals surface area (Å²) < 4.78 is 2.39. The van der Waals surface area contributed by atoms with E-state index >= 15 is 0 Å². The smallest absolute Gasteiger partial charge is 0.152 e. The highest BCUT2D eigenvalue weighted by atomic mass is 35.5. The van der Waals surface area contributed by atoms with Crippen LogP contribution >= 0.6 is 11.6 Å². The summed E-state index contributed by atoms with van der Waals surface area (Å²) >= 11 is 6.11. The number of likely N-dealkylation sites (N-methyl/N-ethyl adjacent to an activating group) is 2. The molecule has 0 atom stereocenters. The van der Waals surface area contributed by atoms with Gasteiger partial charge in [0.25, 0.3) is 0 Å². The van der Waals surface area contributed by atoms with Crippen molar-refractivity contribution in [2.45, 2.75) is 20.4 Å². The molecule has 0 unspecified atom stereocenters. The minimum atomic E-state index is 0.763. The Bertz CT molecular complexity index is 1130. The molecular weight excluding hydrogens is 392 g/mol. The number of fused-ring (bicyclic) bond motifs is 3. The lowest BCUT2D eigenvalue weighted by Crippen LogP contribution is -2.33. The Labute approximate surface area is 183 Å². The predicted molar refractivity (Wildman–Crippen MR) is 129 cm³/mol. The molecule has 0 aliphatic rings. The van der Waals surface area contributed by atoms with Crippen LogP contribution in [-0.4, -0.2) is 47.7 Å². The summed E-state index contributed by atoms with van der Waals surface area (Å²) in [6, 6.07) is 18.9. The van der Waals surface area contributed by atoms with Gasteiger partial charge in [-0.15, -0.1) is 0 Å². The van der Waals surface area contributed by atoms with Crippen LogP contribution in [0.15, 0.2) is 60.8 Å². The zero-order chi connectivity index (χ0) is 21.1. The molecule has 0 radical (unpaired) electrons. The van der Waals surface area contributed by atoms with Crippen LogP contribution in [0.3, 0.4) is 0 Å². The number of benzene rings is 2. The first-order valence-electron chi connectivity index (χ1n) is 10.7. The lowest BCUT2D eigenvalue weighted by Gasteiger charge is -2.25. The molecule has 4 rings (SSSR count). The summed E-state index contributed by atoms with van der Waals surface area (Å²) in [6.45, 7) is 9.31. The molecule has 2 aromatic heterocycles. The molecular formula is C25H29ClN4. The highest BCUT2D eigenvalue weighted by Gasteiger charge is 2.17. The van der Waals surface area contributed by atoms with Crippen molar-refractivity contribution in [3.05, 3.63) is 71.4 Å². The largest absolute Gasteiger partial charge is 0.357 e. The van der Waals surface area contributed by atoms with Crippen LogP contribution in [0.4, 0.5) is 5.82 Å². The number of halogens is 1. The van der Waals surface area contributed by atoms with E-state index in [1.807, 2.05) is 18.3 Å². The molecule has 5 heteroatoms. The Morgan fingerprint density at radius 1 is 0.900 bits per heavy atom. The Hall–Kier alpha value is -2.56. The van der Waals surface area contributed by atoms with Gasteiger partial charge in [0.15, 0.2) is 5.82 Å². The van der Waals surface area contributed by atoms with Crippen LogP contribution in [0.2, 0.25) is 5.02 Å². The lowest BCUT2D eigenvalue weighted by atomic mass is 10.2. The molecule has 0 amide bonds. The maximum Gasteiger partial charge on any atom is 0.152 e. The summed E-state index contributed by atoms with van der Waals surface area (Å²) in [5.41, 5.74) is 3.65. The number of para-hydroxylation sites is 1. The average molecular weight is 421 g/mol. The van der Waals surface area contributed by atoms with E-state index in [2.05, 4.69) is 77.7 Å². The average Bonchev–Trinajstić information content (AvgIpc) is 3.10. The van der Waals surface area contributed by atoms with Crippen LogP contribution in [0.1, 0.15) is 19.4 Å². The second-order valence-electron chi connectivity index (χ2n) is 7.71. The van der Waals surface area contributed by atoms with Crippen molar-refractivity contribution in [1.82, 2.24) is 14.5 Å². The minimum absolute atomic E-state index is 0.763. The van der Waals surface area contributed by atoms with Gasteiger partial charge in [0.1, 0.15) is 0 Å². The quantitative estimate of drug-likeness (QED) is 0.367. The van der Waals surface area contributed by atoms with Gasteiger partial charge in [0, 0.05) is 54.2 Å². The first-order valence-corrected chi connectivity index (χ1v) is 11.0. The van der Waals surface area contributed by atoms with Gasteiger partial charge in [-0.25, -0.2) is 4.98 Å². The van der Waals surface area contributed by atoms with E-state index in [4.69, 9.17) is 16.6 Å². The fraction of sp³-hybridized carbons (Fsp3) is 0.320. The van der Waals surface area contributed by atoms with Crippen LogP contribution in [0.5, 0.6) is 0 Å². The molecule has 2 aromatic carbocycles. The number of anilines is 1. The predicted octanol–water partition coefficient (Wildman–Crippen LogP) is 5.67. The van der Waals surface area contributed by atoms with E-state index in [0.29, 0.717) is 0 Å². The topological polar surface area (TPSA) is 24.3 Å². The number of hydrogen-bond acceptors (Lipinski definition) is 3.